The first kappa shape index (κ1) is 18.6. The lowest BCUT2D eigenvalue weighted by atomic mass is 9.79. The number of benzene rings is 2. The molecule has 1 aliphatic rings. The van der Waals surface area contributed by atoms with Crippen molar-refractivity contribution in [3.8, 4) is 0 Å². The molecule has 4 nitrogen and oxygen atoms in total. The summed E-state index contributed by atoms with van der Waals surface area (Å²) in [7, 11) is -0.460. The van der Waals surface area contributed by atoms with Gasteiger partial charge in [-0.15, -0.1) is 0 Å². The van der Waals surface area contributed by atoms with Gasteiger partial charge in [-0.2, -0.15) is 0 Å². The average molecular weight is 355 g/mol. The number of rotatable bonds is 3. The Kier molecular flexibility index (Phi) is 4.67. The number of nitrogens with one attached hydrogen (secondary N) is 1. The summed E-state index contributed by atoms with van der Waals surface area (Å²) in [6.07, 6.45) is 0. The summed E-state index contributed by atoms with van der Waals surface area (Å²) in [6, 6.07) is 11.8. The van der Waals surface area contributed by atoms with Crippen molar-refractivity contribution < 1.29 is 18.5 Å². The molecule has 6 heteroatoms. The van der Waals surface area contributed by atoms with E-state index in [9.17, 15) is 9.18 Å². The molecule has 3 rings (SSSR count). The van der Waals surface area contributed by atoms with Crippen molar-refractivity contribution in [3.63, 3.8) is 0 Å². The van der Waals surface area contributed by atoms with Gasteiger partial charge in [0.2, 0.25) is 0 Å². The van der Waals surface area contributed by atoms with Crippen LogP contribution in [-0.2, 0) is 9.31 Å². The number of halogens is 1. The van der Waals surface area contributed by atoms with Crippen LogP contribution in [0.3, 0.4) is 0 Å². The van der Waals surface area contributed by atoms with Crippen LogP contribution in [0.15, 0.2) is 42.5 Å². The number of hydrogen-bond acceptors (Lipinski definition) is 3. The monoisotopic (exact) mass is 355 g/mol. The SMILES string of the molecule is Cc1cccc(F)c1C(=O)Nc1ccc(B2OC(C)(C)C(C)(C)O2)cc1. The smallest absolute Gasteiger partial charge is 0.399 e. The number of aryl methyl sites for hydroxylation is 1. The molecule has 0 bridgehead atoms. The van der Waals surface area contributed by atoms with E-state index in [2.05, 4.69) is 5.32 Å². The molecule has 1 fully saturated rings. The maximum atomic E-state index is 13.9. The predicted octanol–water partition coefficient (Wildman–Crippen LogP) is 3.69. The van der Waals surface area contributed by atoms with Crippen molar-refractivity contribution in [1.29, 1.82) is 0 Å². The van der Waals surface area contributed by atoms with Crippen molar-refractivity contribution >= 4 is 24.2 Å². The molecule has 2 aromatic carbocycles. The van der Waals surface area contributed by atoms with Crippen LogP contribution in [-0.4, -0.2) is 24.2 Å². The zero-order valence-corrected chi connectivity index (χ0v) is 15.7. The Morgan fingerprint density at radius 1 is 1.00 bits per heavy atom. The Morgan fingerprint density at radius 2 is 1.58 bits per heavy atom. The van der Waals surface area contributed by atoms with Gasteiger partial charge in [0, 0.05) is 5.69 Å². The summed E-state index contributed by atoms with van der Waals surface area (Å²) in [5.41, 5.74) is 1.28. The molecule has 0 aromatic heterocycles. The first-order valence-corrected chi connectivity index (χ1v) is 8.63. The number of carbonyl (C=O) groups is 1. The summed E-state index contributed by atoms with van der Waals surface area (Å²) >= 11 is 0. The molecule has 1 N–H and O–H groups in total. The van der Waals surface area contributed by atoms with Gasteiger partial charge < -0.3 is 14.6 Å². The Bertz CT molecular complexity index is 797. The third-order valence-corrected chi connectivity index (χ3v) is 5.14. The second-order valence-electron chi connectivity index (χ2n) is 7.60. The van der Waals surface area contributed by atoms with E-state index in [0.29, 0.717) is 11.3 Å². The summed E-state index contributed by atoms with van der Waals surface area (Å²) in [4.78, 5) is 12.4. The number of amides is 1. The van der Waals surface area contributed by atoms with E-state index >= 15 is 0 Å². The third-order valence-electron chi connectivity index (χ3n) is 5.14. The molecule has 1 saturated heterocycles. The molecule has 0 atom stereocenters. The zero-order chi connectivity index (χ0) is 19.1. The van der Waals surface area contributed by atoms with Gasteiger partial charge in [-0.05, 0) is 63.8 Å². The van der Waals surface area contributed by atoms with Crippen LogP contribution in [0.5, 0.6) is 0 Å². The molecule has 136 valence electrons. The minimum Gasteiger partial charge on any atom is -0.399 e. The van der Waals surface area contributed by atoms with Crippen molar-refractivity contribution in [2.75, 3.05) is 5.32 Å². The lowest BCUT2D eigenvalue weighted by Gasteiger charge is -2.32. The molecule has 1 amide bonds. The Balaban J connectivity index is 1.74. The van der Waals surface area contributed by atoms with Crippen molar-refractivity contribution in [3.05, 3.63) is 59.4 Å². The fraction of sp³-hybridized carbons (Fsp3) is 0.350. The average Bonchev–Trinajstić information content (AvgIpc) is 2.76. The number of carbonyl (C=O) groups excluding carboxylic acids is 1. The Hall–Kier alpha value is -2.18. The molecule has 1 aliphatic heterocycles. The van der Waals surface area contributed by atoms with Gasteiger partial charge in [0.15, 0.2) is 0 Å². The van der Waals surface area contributed by atoms with Crippen LogP contribution >= 0.6 is 0 Å². The molecule has 0 saturated carbocycles. The first-order valence-electron chi connectivity index (χ1n) is 8.63. The number of anilines is 1. The van der Waals surface area contributed by atoms with Crippen LogP contribution in [0.4, 0.5) is 10.1 Å². The largest absolute Gasteiger partial charge is 0.494 e. The van der Waals surface area contributed by atoms with Crippen molar-refractivity contribution in [2.24, 2.45) is 0 Å². The molecule has 1 heterocycles. The molecule has 0 aliphatic carbocycles. The fourth-order valence-electron chi connectivity index (χ4n) is 2.82. The minimum absolute atomic E-state index is 0.0579. The summed E-state index contributed by atoms with van der Waals surface area (Å²) in [5.74, 6) is -1.000. The first-order chi connectivity index (χ1) is 12.1. The molecular formula is C20H23BFNO3. The molecule has 0 unspecified atom stereocenters. The number of hydrogen-bond donors (Lipinski definition) is 1. The fourth-order valence-corrected chi connectivity index (χ4v) is 2.82. The standard InChI is InChI=1S/C20H23BFNO3/c1-13-7-6-8-16(22)17(13)18(24)23-15-11-9-14(10-12-15)21-25-19(2,3)20(4,5)26-21/h6-12H,1-5H3,(H,23,24). The molecular weight excluding hydrogens is 332 g/mol. The van der Waals surface area contributed by atoms with Crippen molar-refractivity contribution in [1.82, 2.24) is 0 Å². The molecule has 26 heavy (non-hydrogen) atoms. The van der Waals surface area contributed by atoms with Crippen LogP contribution in [0.1, 0.15) is 43.6 Å². The molecule has 0 spiro atoms. The Labute approximate surface area is 153 Å². The third kappa shape index (κ3) is 3.39. The van der Waals surface area contributed by atoms with Crippen LogP contribution in [0.25, 0.3) is 0 Å². The van der Waals surface area contributed by atoms with Gasteiger partial charge in [-0.3, -0.25) is 4.79 Å². The highest BCUT2D eigenvalue weighted by Crippen LogP contribution is 2.36. The van der Waals surface area contributed by atoms with Crippen molar-refractivity contribution in [2.45, 2.75) is 45.8 Å². The highest BCUT2D eigenvalue weighted by Gasteiger charge is 2.51. The van der Waals surface area contributed by atoms with Crippen LogP contribution < -0.4 is 10.8 Å². The highest BCUT2D eigenvalue weighted by atomic mass is 19.1. The maximum absolute atomic E-state index is 13.9. The van der Waals surface area contributed by atoms with Gasteiger partial charge in [0.1, 0.15) is 5.82 Å². The topological polar surface area (TPSA) is 47.6 Å². The summed E-state index contributed by atoms with van der Waals surface area (Å²) in [5, 5.41) is 2.73. The van der Waals surface area contributed by atoms with E-state index < -0.39 is 30.0 Å². The van der Waals surface area contributed by atoms with Gasteiger partial charge >= 0.3 is 7.12 Å². The second kappa shape index (κ2) is 6.52. The van der Waals surface area contributed by atoms with E-state index in [0.717, 1.165) is 5.46 Å². The normalized spacial score (nSPS) is 18.0. The lowest BCUT2D eigenvalue weighted by molar-refractivity contribution is 0.00578. The maximum Gasteiger partial charge on any atom is 0.494 e. The van der Waals surface area contributed by atoms with Crippen LogP contribution in [0.2, 0.25) is 0 Å². The van der Waals surface area contributed by atoms with Gasteiger partial charge in [-0.25, -0.2) is 4.39 Å². The van der Waals surface area contributed by atoms with E-state index in [1.807, 2.05) is 39.8 Å². The molecule has 0 radical (unpaired) electrons. The van der Waals surface area contributed by atoms with E-state index in [-0.39, 0.29) is 5.56 Å². The Morgan fingerprint density at radius 3 is 2.12 bits per heavy atom. The second-order valence-corrected chi connectivity index (χ2v) is 7.60. The predicted molar refractivity (Wildman–Crippen MR) is 101 cm³/mol. The van der Waals surface area contributed by atoms with E-state index in [1.54, 1.807) is 31.2 Å². The highest BCUT2D eigenvalue weighted by molar-refractivity contribution is 6.62. The van der Waals surface area contributed by atoms with Gasteiger partial charge in [0.05, 0.1) is 16.8 Å². The lowest BCUT2D eigenvalue weighted by Crippen LogP contribution is -2.41. The van der Waals surface area contributed by atoms with Gasteiger partial charge in [-0.1, -0.05) is 24.3 Å². The quantitative estimate of drug-likeness (QED) is 0.855. The summed E-state index contributed by atoms with van der Waals surface area (Å²) < 4.78 is 25.9. The van der Waals surface area contributed by atoms with Crippen LogP contribution in [0, 0.1) is 12.7 Å². The van der Waals surface area contributed by atoms with E-state index in [1.165, 1.54) is 6.07 Å². The van der Waals surface area contributed by atoms with Gasteiger partial charge in [0.25, 0.3) is 5.91 Å². The summed E-state index contributed by atoms with van der Waals surface area (Å²) in [6.45, 7) is 9.70. The van der Waals surface area contributed by atoms with E-state index in [4.69, 9.17) is 9.31 Å². The molecule has 2 aromatic rings. The zero-order valence-electron chi connectivity index (χ0n) is 15.7. The minimum atomic E-state index is -0.531.